The zero-order valence-corrected chi connectivity index (χ0v) is 16.9. The van der Waals surface area contributed by atoms with E-state index in [0.29, 0.717) is 21.8 Å². The molecule has 0 aliphatic heterocycles. The summed E-state index contributed by atoms with van der Waals surface area (Å²) in [6.45, 7) is -0.707. The highest BCUT2D eigenvalue weighted by molar-refractivity contribution is 6.31. The first-order chi connectivity index (χ1) is 14.9. The first-order valence-electron chi connectivity index (χ1n) is 9.35. The lowest BCUT2D eigenvalue weighted by Gasteiger charge is -2.14. The second-order valence-corrected chi connectivity index (χ2v) is 7.19. The fourth-order valence-corrected chi connectivity index (χ4v) is 3.52. The van der Waals surface area contributed by atoms with Crippen molar-refractivity contribution in [2.75, 3.05) is 11.9 Å². The molecule has 156 valence electrons. The first kappa shape index (κ1) is 20.6. The Hall–Kier alpha value is -3.71. The van der Waals surface area contributed by atoms with Crippen molar-refractivity contribution in [3.8, 4) is 0 Å². The highest BCUT2D eigenvalue weighted by atomic mass is 35.5. The van der Waals surface area contributed by atoms with Crippen LogP contribution in [0.1, 0.15) is 0 Å². The summed E-state index contributed by atoms with van der Waals surface area (Å²) < 4.78 is 20.0. The SMILES string of the molecule is O=C(COC(=O)Cn1c2ccccc2c(=O)c2ccccc21)Nc1ccc(F)c(Cl)c1. The van der Waals surface area contributed by atoms with E-state index < -0.39 is 24.3 Å². The quantitative estimate of drug-likeness (QED) is 0.375. The Morgan fingerprint density at radius 2 is 1.58 bits per heavy atom. The minimum atomic E-state index is -0.647. The number of benzene rings is 3. The lowest BCUT2D eigenvalue weighted by Crippen LogP contribution is -2.24. The van der Waals surface area contributed by atoms with Gasteiger partial charge in [0.05, 0.1) is 16.1 Å². The van der Waals surface area contributed by atoms with Gasteiger partial charge in [-0.1, -0.05) is 35.9 Å². The van der Waals surface area contributed by atoms with Gasteiger partial charge in [-0.2, -0.15) is 0 Å². The Bertz CT molecular complexity index is 1320. The molecular formula is C23H16ClFN2O4. The summed E-state index contributed by atoms with van der Waals surface area (Å²) in [7, 11) is 0. The van der Waals surface area contributed by atoms with Crippen LogP contribution in [0.15, 0.2) is 71.5 Å². The van der Waals surface area contributed by atoms with Crippen molar-refractivity contribution in [3.63, 3.8) is 0 Å². The van der Waals surface area contributed by atoms with Gasteiger partial charge in [0.25, 0.3) is 5.91 Å². The Labute approximate surface area is 180 Å². The largest absolute Gasteiger partial charge is 0.454 e. The van der Waals surface area contributed by atoms with Gasteiger partial charge in [-0.3, -0.25) is 14.4 Å². The molecule has 1 N–H and O–H groups in total. The van der Waals surface area contributed by atoms with Gasteiger partial charge in [0, 0.05) is 16.5 Å². The van der Waals surface area contributed by atoms with Crippen LogP contribution in [0.25, 0.3) is 21.8 Å². The Balaban J connectivity index is 1.52. The monoisotopic (exact) mass is 438 g/mol. The van der Waals surface area contributed by atoms with E-state index in [-0.39, 0.29) is 22.7 Å². The van der Waals surface area contributed by atoms with Crippen molar-refractivity contribution < 1.29 is 18.7 Å². The van der Waals surface area contributed by atoms with Crippen LogP contribution in [0.3, 0.4) is 0 Å². The normalized spacial score (nSPS) is 10.9. The van der Waals surface area contributed by atoms with Gasteiger partial charge < -0.3 is 14.6 Å². The molecule has 0 aliphatic rings. The van der Waals surface area contributed by atoms with Gasteiger partial charge in [-0.25, -0.2) is 4.39 Å². The third-order valence-corrected chi connectivity index (χ3v) is 5.02. The minimum absolute atomic E-state index is 0.117. The van der Waals surface area contributed by atoms with E-state index in [1.165, 1.54) is 12.1 Å². The molecule has 0 fully saturated rings. The average molecular weight is 439 g/mol. The van der Waals surface area contributed by atoms with Gasteiger partial charge in [0.2, 0.25) is 0 Å². The van der Waals surface area contributed by atoms with E-state index in [4.69, 9.17) is 16.3 Å². The molecule has 0 spiro atoms. The molecule has 6 nitrogen and oxygen atoms in total. The topological polar surface area (TPSA) is 77.4 Å². The Morgan fingerprint density at radius 1 is 0.968 bits per heavy atom. The molecule has 0 saturated heterocycles. The van der Waals surface area contributed by atoms with E-state index in [1.807, 2.05) is 0 Å². The summed E-state index contributed by atoms with van der Waals surface area (Å²) in [5.74, 6) is -1.84. The Kier molecular flexibility index (Phi) is 5.68. The number of ether oxygens (including phenoxy) is 1. The summed E-state index contributed by atoms with van der Waals surface area (Å²) in [6.07, 6.45) is 0. The Morgan fingerprint density at radius 3 is 2.19 bits per heavy atom. The van der Waals surface area contributed by atoms with Crippen LogP contribution >= 0.6 is 11.6 Å². The maximum Gasteiger partial charge on any atom is 0.326 e. The number of amides is 1. The lowest BCUT2D eigenvalue weighted by molar-refractivity contribution is -0.147. The molecule has 0 atom stereocenters. The van der Waals surface area contributed by atoms with Crippen molar-refractivity contribution in [3.05, 3.63) is 87.8 Å². The molecule has 1 amide bonds. The van der Waals surface area contributed by atoms with Crippen LogP contribution < -0.4 is 10.7 Å². The number of para-hydroxylation sites is 2. The van der Waals surface area contributed by atoms with Crippen molar-refractivity contribution in [1.82, 2.24) is 4.57 Å². The number of nitrogens with one attached hydrogen (secondary N) is 1. The molecule has 0 unspecified atom stereocenters. The predicted octanol–water partition coefficient (Wildman–Crippen LogP) is 4.13. The van der Waals surface area contributed by atoms with Crippen molar-refractivity contribution in [1.29, 1.82) is 0 Å². The fraction of sp³-hybridized carbons (Fsp3) is 0.0870. The van der Waals surface area contributed by atoms with Crippen LogP contribution in [0.5, 0.6) is 0 Å². The number of anilines is 1. The molecule has 0 saturated carbocycles. The summed E-state index contributed by atoms with van der Waals surface area (Å²) in [6, 6.07) is 17.7. The highest BCUT2D eigenvalue weighted by Crippen LogP contribution is 2.20. The van der Waals surface area contributed by atoms with Gasteiger partial charge >= 0.3 is 5.97 Å². The molecule has 0 bridgehead atoms. The van der Waals surface area contributed by atoms with Crippen molar-refractivity contribution in [2.24, 2.45) is 0 Å². The van der Waals surface area contributed by atoms with Gasteiger partial charge in [-0.05, 0) is 42.5 Å². The lowest BCUT2D eigenvalue weighted by atomic mass is 10.1. The van der Waals surface area contributed by atoms with Crippen molar-refractivity contribution >= 4 is 51.0 Å². The summed E-state index contributed by atoms with van der Waals surface area (Å²) in [5, 5.41) is 3.32. The second kappa shape index (κ2) is 8.57. The van der Waals surface area contributed by atoms with Gasteiger partial charge in [0.1, 0.15) is 12.4 Å². The minimum Gasteiger partial charge on any atom is -0.454 e. The molecule has 31 heavy (non-hydrogen) atoms. The summed E-state index contributed by atoms with van der Waals surface area (Å²) in [4.78, 5) is 37.3. The second-order valence-electron chi connectivity index (χ2n) is 6.79. The number of rotatable bonds is 5. The van der Waals surface area contributed by atoms with Crippen LogP contribution in [-0.2, 0) is 20.9 Å². The zero-order valence-electron chi connectivity index (χ0n) is 16.1. The van der Waals surface area contributed by atoms with E-state index in [2.05, 4.69) is 5.32 Å². The number of pyridine rings is 1. The zero-order chi connectivity index (χ0) is 22.0. The summed E-state index contributed by atoms with van der Waals surface area (Å²) >= 11 is 5.68. The number of carbonyl (C=O) groups is 2. The number of hydrogen-bond acceptors (Lipinski definition) is 4. The molecule has 1 heterocycles. The van der Waals surface area contributed by atoms with Gasteiger partial charge in [-0.15, -0.1) is 0 Å². The number of nitrogens with zero attached hydrogens (tertiary/aromatic N) is 1. The maximum atomic E-state index is 13.2. The highest BCUT2D eigenvalue weighted by Gasteiger charge is 2.15. The van der Waals surface area contributed by atoms with Gasteiger partial charge in [0.15, 0.2) is 12.0 Å². The standard InChI is InChI=1S/C23H16ClFN2O4/c24-17-11-14(9-10-18(17)25)26-21(28)13-31-22(29)12-27-19-7-3-1-5-15(19)23(30)16-6-2-4-8-20(16)27/h1-11H,12-13H2,(H,26,28). The first-order valence-corrected chi connectivity index (χ1v) is 9.72. The molecule has 1 aromatic heterocycles. The number of fused-ring (bicyclic) bond motifs is 2. The predicted molar refractivity (Wildman–Crippen MR) is 117 cm³/mol. The molecule has 8 heteroatoms. The smallest absolute Gasteiger partial charge is 0.326 e. The summed E-state index contributed by atoms with van der Waals surface area (Å²) in [5.41, 5.74) is 1.35. The molecule has 3 aromatic carbocycles. The third-order valence-electron chi connectivity index (χ3n) is 4.73. The number of halogens is 2. The van der Waals surface area contributed by atoms with Crippen LogP contribution in [0.2, 0.25) is 5.02 Å². The molecule has 0 radical (unpaired) electrons. The van der Waals surface area contributed by atoms with Crippen molar-refractivity contribution in [2.45, 2.75) is 6.54 Å². The number of carbonyl (C=O) groups excluding carboxylic acids is 2. The van der Waals surface area contributed by atoms with E-state index >= 15 is 0 Å². The number of esters is 1. The van der Waals surface area contributed by atoms with E-state index in [1.54, 1.807) is 53.1 Å². The number of aromatic nitrogens is 1. The molecule has 4 aromatic rings. The fourth-order valence-electron chi connectivity index (χ4n) is 3.34. The molecule has 4 rings (SSSR count). The van der Waals surface area contributed by atoms with Crippen LogP contribution in [0.4, 0.5) is 10.1 Å². The molecular weight excluding hydrogens is 423 g/mol. The average Bonchev–Trinajstić information content (AvgIpc) is 2.78. The third kappa shape index (κ3) is 4.27. The number of hydrogen-bond donors (Lipinski definition) is 1. The van der Waals surface area contributed by atoms with Crippen LogP contribution in [-0.4, -0.2) is 23.1 Å². The molecule has 0 aliphatic carbocycles. The van der Waals surface area contributed by atoms with Crippen LogP contribution in [0, 0.1) is 5.82 Å². The van der Waals surface area contributed by atoms with E-state index in [0.717, 1.165) is 6.07 Å². The van der Waals surface area contributed by atoms with E-state index in [9.17, 15) is 18.8 Å². The maximum absolute atomic E-state index is 13.2.